The van der Waals surface area contributed by atoms with Crippen molar-refractivity contribution in [1.29, 1.82) is 0 Å². The Hall–Kier alpha value is -1.03. The van der Waals surface area contributed by atoms with Gasteiger partial charge in [-0.15, -0.1) is 0 Å². The lowest BCUT2D eigenvalue weighted by Crippen LogP contribution is -2.35. The average molecular weight is 152 g/mol. The molecule has 59 valence electrons. The Balaban J connectivity index is 2.04. The highest BCUT2D eigenvalue weighted by Gasteiger charge is 2.11. The number of morpholine rings is 1. The molecule has 1 N–H and O–H groups in total. The van der Waals surface area contributed by atoms with Crippen LogP contribution in [0.3, 0.4) is 0 Å². The summed E-state index contributed by atoms with van der Waals surface area (Å²) in [5.41, 5.74) is 1.04. The Bertz CT molecular complexity index is 203. The second kappa shape index (κ2) is 2.92. The summed E-state index contributed by atoms with van der Waals surface area (Å²) in [4.78, 5) is 2.20. The van der Waals surface area contributed by atoms with E-state index in [0.717, 1.165) is 32.0 Å². The van der Waals surface area contributed by atoms with Crippen LogP contribution in [0.5, 0.6) is 0 Å². The smallest absolute Gasteiger partial charge is 0.138 e. The van der Waals surface area contributed by atoms with Crippen LogP contribution in [0.4, 0.5) is 5.69 Å². The van der Waals surface area contributed by atoms with E-state index in [1.165, 1.54) is 0 Å². The first-order valence-electron chi connectivity index (χ1n) is 3.71. The first kappa shape index (κ1) is 6.67. The highest BCUT2D eigenvalue weighted by molar-refractivity contribution is 5.40. The summed E-state index contributed by atoms with van der Waals surface area (Å²) < 4.78 is 5.21. The monoisotopic (exact) mass is 152 g/mol. The number of nitrogens with zero attached hydrogens (tertiary/aromatic N) is 2. The molecule has 0 saturated carbocycles. The summed E-state index contributed by atoms with van der Waals surface area (Å²) in [6.45, 7) is 3.49. The zero-order valence-corrected chi connectivity index (χ0v) is 6.21. The van der Waals surface area contributed by atoms with E-state index in [2.05, 4.69) is 21.3 Å². The van der Waals surface area contributed by atoms with Crippen molar-refractivity contribution in [2.45, 2.75) is 0 Å². The van der Waals surface area contributed by atoms with E-state index in [1.807, 2.05) is 6.20 Å². The van der Waals surface area contributed by atoms with Gasteiger partial charge >= 0.3 is 0 Å². The van der Waals surface area contributed by atoms with Gasteiger partial charge in [-0.3, -0.25) is 5.10 Å². The lowest BCUT2D eigenvalue weighted by atomic mass is 10.4. The number of anilines is 1. The third-order valence-corrected chi connectivity index (χ3v) is 1.79. The number of hydrogen-bond donors (Lipinski definition) is 1. The van der Waals surface area contributed by atoms with E-state index in [9.17, 15) is 0 Å². The Morgan fingerprint density at radius 1 is 1.55 bits per heavy atom. The molecule has 1 aliphatic heterocycles. The first-order chi connectivity index (χ1) is 5.47. The van der Waals surface area contributed by atoms with Crippen molar-refractivity contribution < 1.29 is 4.74 Å². The topological polar surface area (TPSA) is 41.2 Å². The highest BCUT2D eigenvalue weighted by atomic mass is 16.5. The van der Waals surface area contributed by atoms with Crippen molar-refractivity contribution in [2.24, 2.45) is 0 Å². The summed E-state index contributed by atoms with van der Waals surface area (Å²) in [5, 5.41) is 6.50. The minimum atomic E-state index is 0.805. The summed E-state index contributed by atoms with van der Waals surface area (Å²) >= 11 is 0. The van der Waals surface area contributed by atoms with E-state index in [0.29, 0.717) is 0 Å². The largest absolute Gasteiger partial charge is 0.378 e. The molecule has 0 amide bonds. The molecule has 1 aliphatic rings. The van der Waals surface area contributed by atoms with Gasteiger partial charge in [0, 0.05) is 19.3 Å². The number of ether oxygens (including phenoxy) is 1. The summed E-state index contributed by atoms with van der Waals surface area (Å²) in [6, 6.07) is 0. The molecular formula is C7H10N3O. The van der Waals surface area contributed by atoms with Gasteiger partial charge in [0.1, 0.15) is 6.20 Å². The van der Waals surface area contributed by atoms with Crippen molar-refractivity contribution in [3.63, 3.8) is 0 Å². The lowest BCUT2D eigenvalue weighted by Gasteiger charge is -2.26. The maximum absolute atomic E-state index is 5.21. The molecular weight excluding hydrogens is 142 g/mol. The Morgan fingerprint density at radius 3 is 3.00 bits per heavy atom. The second-order valence-electron chi connectivity index (χ2n) is 2.48. The fourth-order valence-corrected chi connectivity index (χ4v) is 1.18. The third-order valence-electron chi connectivity index (χ3n) is 1.79. The second-order valence-corrected chi connectivity index (χ2v) is 2.48. The number of nitrogens with one attached hydrogen (secondary N) is 1. The highest BCUT2D eigenvalue weighted by Crippen LogP contribution is 2.10. The fourth-order valence-electron chi connectivity index (χ4n) is 1.18. The minimum absolute atomic E-state index is 0.805. The van der Waals surface area contributed by atoms with Crippen LogP contribution in [0.1, 0.15) is 0 Å². The lowest BCUT2D eigenvalue weighted by molar-refractivity contribution is 0.122. The van der Waals surface area contributed by atoms with Gasteiger partial charge in [0.15, 0.2) is 0 Å². The molecule has 0 bridgehead atoms. The molecule has 0 spiro atoms. The number of aromatic amines is 1. The average Bonchev–Trinajstić information content (AvgIpc) is 2.58. The van der Waals surface area contributed by atoms with E-state index in [4.69, 9.17) is 4.74 Å². The molecule has 0 aliphatic carbocycles. The Labute approximate surface area is 65.2 Å². The van der Waals surface area contributed by atoms with Crippen molar-refractivity contribution in [2.75, 3.05) is 31.2 Å². The van der Waals surface area contributed by atoms with Gasteiger partial charge in [0.25, 0.3) is 0 Å². The first-order valence-corrected chi connectivity index (χ1v) is 3.71. The van der Waals surface area contributed by atoms with Gasteiger partial charge in [-0.2, -0.15) is 5.10 Å². The van der Waals surface area contributed by atoms with Gasteiger partial charge < -0.3 is 9.64 Å². The van der Waals surface area contributed by atoms with Crippen LogP contribution in [-0.2, 0) is 4.74 Å². The van der Waals surface area contributed by atoms with Crippen molar-refractivity contribution >= 4 is 5.69 Å². The number of rotatable bonds is 1. The van der Waals surface area contributed by atoms with Crippen LogP contribution in [0.25, 0.3) is 0 Å². The molecule has 11 heavy (non-hydrogen) atoms. The zero-order valence-electron chi connectivity index (χ0n) is 6.21. The summed E-state index contributed by atoms with van der Waals surface area (Å²) in [6.07, 6.45) is 4.72. The molecule has 0 unspecified atom stereocenters. The van der Waals surface area contributed by atoms with Gasteiger partial charge in [0.05, 0.1) is 18.9 Å². The standard InChI is InChI=1S/C7H10N3O/c1-3-11-4-2-10(1)7-5-8-9-6-7/h5H,1-4H2,(H,8,9). The van der Waals surface area contributed by atoms with Gasteiger partial charge in [-0.25, -0.2) is 0 Å². The number of aromatic nitrogens is 2. The van der Waals surface area contributed by atoms with E-state index >= 15 is 0 Å². The van der Waals surface area contributed by atoms with Crippen molar-refractivity contribution in [3.8, 4) is 0 Å². The minimum Gasteiger partial charge on any atom is -0.378 e. The summed E-state index contributed by atoms with van der Waals surface area (Å²) in [5.74, 6) is 0. The van der Waals surface area contributed by atoms with Crippen molar-refractivity contribution in [1.82, 2.24) is 10.2 Å². The molecule has 2 heterocycles. The SMILES string of the molecule is [c]1n[nH]cc1N1CCOCC1. The normalized spacial score (nSPS) is 18.7. The third kappa shape index (κ3) is 1.35. The molecule has 1 aromatic rings. The zero-order chi connectivity index (χ0) is 7.52. The predicted molar refractivity (Wildman–Crippen MR) is 40.5 cm³/mol. The molecule has 1 aromatic heterocycles. The Morgan fingerprint density at radius 2 is 2.36 bits per heavy atom. The van der Waals surface area contributed by atoms with Crippen LogP contribution in [0, 0.1) is 6.20 Å². The molecule has 4 heteroatoms. The maximum atomic E-state index is 5.21. The fraction of sp³-hybridized carbons (Fsp3) is 0.571. The number of hydrogen-bond acceptors (Lipinski definition) is 3. The predicted octanol–water partition coefficient (Wildman–Crippen LogP) is 0.0465. The molecule has 2 rings (SSSR count). The van der Waals surface area contributed by atoms with E-state index in [-0.39, 0.29) is 0 Å². The van der Waals surface area contributed by atoms with Crippen LogP contribution < -0.4 is 4.90 Å². The van der Waals surface area contributed by atoms with Crippen LogP contribution in [0.15, 0.2) is 6.20 Å². The molecule has 0 atom stereocenters. The van der Waals surface area contributed by atoms with Gasteiger partial charge in [-0.1, -0.05) is 0 Å². The van der Waals surface area contributed by atoms with Crippen LogP contribution >= 0.6 is 0 Å². The Kier molecular flexibility index (Phi) is 1.77. The van der Waals surface area contributed by atoms with Crippen molar-refractivity contribution in [3.05, 3.63) is 12.4 Å². The van der Waals surface area contributed by atoms with Crippen LogP contribution in [-0.4, -0.2) is 36.5 Å². The number of H-pyrrole nitrogens is 1. The van der Waals surface area contributed by atoms with E-state index in [1.54, 1.807) is 0 Å². The maximum Gasteiger partial charge on any atom is 0.138 e. The van der Waals surface area contributed by atoms with Gasteiger partial charge in [0.2, 0.25) is 0 Å². The molecule has 1 radical (unpaired) electrons. The quantitative estimate of drug-likeness (QED) is 0.618. The summed E-state index contributed by atoms with van der Waals surface area (Å²) in [7, 11) is 0. The molecule has 1 fully saturated rings. The van der Waals surface area contributed by atoms with Gasteiger partial charge in [-0.05, 0) is 0 Å². The molecule has 1 saturated heterocycles. The molecule has 0 aromatic carbocycles. The molecule has 4 nitrogen and oxygen atoms in total. The van der Waals surface area contributed by atoms with Crippen LogP contribution in [0.2, 0.25) is 0 Å². The van der Waals surface area contributed by atoms with E-state index < -0.39 is 0 Å².